The molecule has 230 valence electrons. The third-order valence-electron chi connectivity index (χ3n) is 6.24. The molecule has 0 saturated carbocycles. The molecular formula is C29H52ClN5O4S. The van der Waals surface area contributed by atoms with Crippen molar-refractivity contribution in [1.82, 2.24) is 25.8 Å². The van der Waals surface area contributed by atoms with E-state index >= 15 is 0 Å². The smallest absolute Gasteiger partial charge is 0.267 e. The van der Waals surface area contributed by atoms with Gasteiger partial charge in [-0.05, 0) is 77.4 Å². The summed E-state index contributed by atoms with van der Waals surface area (Å²) in [6.07, 6.45) is 12.1. The fourth-order valence-corrected chi connectivity index (χ4v) is 3.93. The first-order valence-electron chi connectivity index (χ1n) is 13.9. The van der Waals surface area contributed by atoms with E-state index in [1.807, 2.05) is 45.8 Å². The predicted molar refractivity (Wildman–Crippen MR) is 170 cm³/mol. The van der Waals surface area contributed by atoms with Gasteiger partial charge in [0.15, 0.2) is 0 Å². The van der Waals surface area contributed by atoms with Gasteiger partial charge in [-0.3, -0.25) is 19.3 Å². The van der Waals surface area contributed by atoms with Crippen molar-refractivity contribution in [1.29, 1.82) is 0 Å². The summed E-state index contributed by atoms with van der Waals surface area (Å²) in [4.78, 5) is 52.4. The fourth-order valence-electron chi connectivity index (χ4n) is 3.68. The normalized spacial score (nSPS) is 14.9. The molecule has 40 heavy (non-hydrogen) atoms. The highest BCUT2D eigenvalue weighted by Gasteiger charge is 2.30. The van der Waals surface area contributed by atoms with Crippen molar-refractivity contribution in [3.05, 3.63) is 34.5 Å². The maximum absolute atomic E-state index is 13.2. The van der Waals surface area contributed by atoms with Crippen LogP contribution < -0.4 is 16.0 Å². The molecule has 11 heteroatoms. The third kappa shape index (κ3) is 14.9. The first-order valence-corrected chi connectivity index (χ1v) is 15.2. The van der Waals surface area contributed by atoms with Gasteiger partial charge in [0.1, 0.15) is 12.3 Å². The molecule has 0 fully saturated rings. The van der Waals surface area contributed by atoms with Crippen LogP contribution in [0.15, 0.2) is 34.5 Å². The maximum Gasteiger partial charge on any atom is 0.267 e. The van der Waals surface area contributed by atoms with E-state index in [1.165, 1.54) is 4.90 Å². The van der Waals surface area contributed by atoms with Gasteiger partial charge in [0, 0.05) is 25.7 Å². The number of aldehydes is 1. The third-order valence-corrected chi connectivity index (χ3v) is 6.54. The molecule has 0 aromatic heterocycles. The minimum atomic E-state index is -0.636. The Bertz CT molecular complexity index is 876. The van der Waals surface area contributed by atoms with Crippen molar-refractivity contribution in [3.8, 4) is 0 Å². The number of amides is 3. The van der Waals surface area contributed by atoms with Crippen LogP contribution in [0.5, 0.6) is 0 Å². The second kappa shape index (κ2) is 23.4. The molecule has 3 N–H and O–H groups in total. The lowest BCUT2D eigenvalue weighted by atomic mass is 9.98. The Labute approximate surface area is 252 Å². The molecule has 3 amide bonds. The van der Waals surface area contributed by atoms with Crippen LogP contribution in [-0.2, 0) is 19.2 Å². The molecule has 0 aromatic carbocycles. The summed E-state index contributed by atoms with van der Waals surface area (Å²) in [6, 6.07) is -1.56. The monoisotopic (exact) mass is 601 g/mol. The zero-order chi connectivity index (χ0) is 31.3. The molecule has 0 radical (unpaired) electrons. The first kappa shape index (κ1) is 39.8. The Balaban J connectivity index is 0. The summed E-state index contributed by atoms with van der Waals surface area (Å²) in [5, 5.41) is 9.14. The van der Waals surface area contributed by atoms with Crippen LogP contribution >= 0.6 is 24.2 Å². The molecule has 1 unspecified atom stereocenters. The summed E-state index contributed by atoms with van der Waals surface area (Å²) in [6.45, 7) is 7.93. The lowest BCUT2D eigenvalue weighted by molar-refractivity contribution is -0.141. The molecule has 0 aliphatic heterocycles. The highest BCUT2D eigenvalue weighted by Crippen LogP contribution is 2.24. The molecule has 0 aromatic rings. The molecule has 0 heterocycles. The second-order valence-corrected chi connectivity index (χ2v) is 9.63. The standard InChI is InChI=1S/C26H42ClN5O4.C2H6.CH4S/c1-7-21(17-33)30-25(35)22(28-3)13-8-9-14-29-24(34)18(2)32(6)26(36)23(31(4)5)16-19-11-10-12-20(27)15-19;2*1-2/h11,13,15,17-18,21,23,28H,7-10,12,14,16H2,1-6H3,(H,29,34)(H,30,35);1-2H3;2H,1H3/b22-13+;;/t18?,21-,23-;;/m0../s1. The minimum Gasteiger partial charge on any atom is -0.384 e. The minimum absolute atomic E-state index is 0.132. The number of thiol groups is 1. The number of carbonyl (C=O) groups is 4. The number of nitrogens with zero attached hydrogens (tertiary/aromatic N) is 2. The molecule has 0 spiro atoms. The lowest BCUT2D eigenvalue weighted by Crippen LogP contribution is -2.52. The number of hydrogen-bond acceptors (Lipinski definition) is 7. The summed E-state index contributed by atoms with van der Waals surface area (Å²) in [5.41, 5.74) is 1.40. The fraction of sp³-hybridized carbons (Fsp3) is 0.655. The molecule has 1 aliphatic rings. The van der Waals surface area contributed by atoms with Gasteiger partial charge in [-0.2, -0.15) is 12.6 Å². The van der Waals surface area contributed by atoms with E-state index < -0.39 is 18.1 Å². The van der Waals surface area contributed by atoms with Gasteiger partial charge in [-0.15, -0.1) is 0 Å². The Morgan fingerprint density at radius 3 is 2.30 bits per heavy atom. The zero-order valence-electron chi connectivity index (χ0n) is 25.8. The van der Waals surface area contributed by atoms with Crippen molar-refractivity contribution in [2.75, 3.05) is 41.0 Å². The molecule has 9 nitrogen and oxygen atoms in total. The maximum atomic E-state index is 13.2. The SMILES string of the molecule is CC.CC[C@@H](C=O)NC(=O)/C(=C\CCCNC(=O)C(C)N(C)C(=O)[C@H](CC1=CCCC(Cl)=C1)N(C)C)NC.CS. The molecule has 1 rings (SSSR count). The van der Waals surface area contributed by atoms with Crippen molar-refractivity contribution in [3.63, 3.8) is 0 Å². The van der Waals surface area contributed by atoms with E-state index in [-0.39, 0.29) is 17.7 Å². The van der Waals surface area contributed by atoms with Crippen molar-refractivity contribution in [2.24, 2.45) is 0 Å². The summed E-state index contributed by atoms with van der Waals surface area (Å²) in [5.74, 6) is -0.714. The van der Waals surface area contributed by atoms with Gasteiger partial charge in [0.05, 0.1) is 17.8 Å². The van der Waals surface area contributed by atoms with Gasteiger partial charge < -0.3 is 25.6 Å². The van der Waals surface area contributed by atoms with Crippen molar-refractivity contribution < 1.29 is 19.2 Å². The molecule has 1 aliphatic carbocycles. The Morgan fingerprint density at radius 1 is 1.18 bits per heavy atom. The van der Waals surface area contributed by atoms with Gasteiger partial charge in [-0.1, -0.05) is 44.5 Å². The molecule has 0 saturated heterocycles. The van der Waals surface area contributed by atoms with Crippen LogP contribution in [-0.4, -0.2) is 92.9 Å². The largest absolute Gasteiger partial charge is 0.384 e. The zero-order valence-corrected chi connectivity index (χ0v) is 27.5. The van der Waals surface area contributed by atoms with E-state index in [0.29, 0.717) is 44.2 Å². The molecular weight excluding hydrogens is 550 g/mol. The highest BCUT2D eigenvalue weighted by molar-refractivity contribution is 7.79. The Hall–Kier alpha value is -2.30. The van der Waals surface area contributed by atoms with E-state index in [0.717, 1.165) is 23.4 Å². The summed E-state index contributed by atoms with van der Waals surface area (Å²) in [7, 11) is 6.99. The van der Waals surface area contributed by atoms with Gasteiger partial charge in [-0.25, -0.2) is 0 Å². The number of carbonyl (C=O) groups excluding carboxylic acids is 4. The van der Waals surface area contributed by atoms with E-state index in [1.54, 1.807) is 33.4 Å². The number of nitrogens with one attached hydrogen (secondary N) is 3. The number of unbranched alkanes of at least 4 members (excludes halogenated alkanes) is 1. The van der Waals surface area contributed by atoms with Crippen LogP contribution in [0.25, 0.3) is 0 Å². The highest BCUT2D eigenvalue weighted by atomic mass is 35.5. The lowest BCUT2D eigenvalue weighted by Gasteiger charge is -2.32. The Morgan fingerprint density at radius 2 is 1.80 bits per heavy atom. The predicted octanol–water partition coefficient (Wildman–Crippen LogP) is 3.66. The summed E-state index contributed by atoms with van der Waals surface area (Å²) >= 11 is 9.70. The van der Waals surface area contributed by atoms with Crippen LogP contribution in [0, 0.1) is 0 Å². The molecule has 0 bridgehead atoms. The Kier molecular flexibility index (Phi) is 23.3. The molecule has 3 atom stereocenters. The number of rotatable bonds is 15. The average Bonchev–Trinajstić information content (AvgIpc) is 2.97. The van der Waals surface area contributed by atoms with E-state index in [2.05, 4.69) is 34.7 Å². The quantitative estimate of drug-likeness (QED) is 0.0987. The van der Waals surface area contributed by atoms with E-state index in [9.17, 15) is 19.2 Å². The van der Waals surface area contributed by atoms with Gasteiger partial charge in [0.25, 0.3) is 5.91 Å². The number of hydrogen-bond donors (Lipinski definition) is 4. The number of likely N-dealkylation sites (N-methyl/N-ethyl adjacent to an activating group) is 3. The first-order chi connectivity index (χ1) is 19.0. The van der Waals surface area contributed by atoms with Crippen molar-refractivity contribution in [2.45, 2.75) is 84.3 Å². The van der Waals surface area contributed by atoms with Gasteiger partial charge in [0.2, 0.25) is 11.8 Å². The summed E-state index contributed by atoms with van der Waals surface area (Å²) < 4.78 is 0. The topological polar surface area (TPSA) is 111 Å². The van der Waals surface area contributed by atoms with Gasteiger partial charge >= 0.3 is 0 Å². The second-order valence-electron chi connectivity index (χ2n) is 9.14. The van der Waals surface area contributed by atoms with Crippen LogP contribution in [0.4, 0.5) is 0 Å². The van der Waals surface area contributed by atoms with Crippen LogP contribution in [0.2, 0.25) is 0 Å². The van der Waals surface area contributed by atoms with Crippen LogP contribution in [0.3, 0.4) is 0 Å². The number of allylic oxidation sites excluding steroid dienone is 4. The van der Waals surface area contributed by atoms with Crippen molar-refractivity contribution >= 4 is 48.2 Å². The number of halogens is 1. The van der Waals surface area contributed by atoms with Crippen LogP contribution in [0.1, 0.15) is 66.2 Å². The van der Waals surface area contributed by atoms with E-state index in [4.69, 9.17) is 11.6 Å². The average molecular weight is 602 g/mol.